The van der Waals surface area contributed by atoms with Crippen LogP contribution in [0.15, 0.2) is 41.3 Å². The van der Waals surface area contributed by atoms with Crippen LogP contribution in [0.1, 0.15) is 12.8 Å². The van der Waals surface area contributed by atoms with Crippen molar-refractivity contribution in [3.63, 3.8) is 0 Å². The Hall–Kier alpha value is -1.13. The van der Waals surface area contributed by atoms with Crippen molar-refractivity contribution in [2.45, 2.75) is 25.4 Å². The molecule has 3 nitrogen and oxygen atoms in total. The fourth-order valence-corrected chi connectivity index (χ4v) is 2.74. The van der Waals surface area contributed by atoms with E-state index < -0.39 is 0 Å². The maximum atomic E-state index is 4.29. The molecule has 3 rings (SSSR count). The minimum absolute atomic E-state index is 0.591. The molecular formula is C14H16BrN3. The quantitative estimate of drug-likeness (QED) is 0.944. The molecule has 1 fully saturated rings. The Balaban J connectivity index is 1.84. The SMILES string of the molecule is Brc1ccc(-c2cncn2CC2CCCN2)cc1. The van der Waals surface area contributed by atoms with Gasteiger partial charge in [-0.1, -0.05) is 28.1 Å². The number of nitrogens with zero attached hydrogens (tertiary/aromatic N) is 2. The smallest absolute Gasteiger partial charge is 0.0951 e. The molecule has 1 N–H and O–H groups in total. The zero-order valence-corrected chi connectivity index (χ0v) is 11.7. The minimum atomic E-state index is 0.591. The van der Waals surface area contributed by atoms with Crippen molar-refractivity contribution >= 4 is 15.9 Å². The minimum Gasteiger partial charge on any atom is -0.329 e. The van der Waals surface area contributed by atoms with E-state index in [1.807, 2.05) is 12.5 Å². The molecule has 4 heteroatoms. The molecule has 1 atom stereocenters. The highest BCUT2D eigenvalue weighted by atomic mass is 79.9. The first-order valence-electron chi connectivity index (χ1n) is 6.32. The van der Waals surface area contributed by atoms with E-state index in [1.165, 1.54) is 24.1 Å². The van der Waals surface area contributed by atoms with Gasteiger partial charge in [-0.3, -0.25) is 0 Å². The van der Waals surface area contributed by atoms with Gasteiger partial charge in [-0.2, -0.15) is 0 Å². The third-order valence-electron chi connectivity index (χ3n) is 3.43. The summed E-state index contributed by atoms with van der Waals surface area (Å²) in [6, 6.07) is 8.98. The summed E-state index contributed by atoms with van der Waals surface area (Å²) < 4.78 is 3.35. The van der Waals surface area contributed by atoms with E-state index in [2.05, 4.69) is 55.1 Å². The molecule has 1 unspecified atom stereocenters. The summed E-state index contributed by atoms with van der Waals surface area (Å²) in [6.07, 6.45) is 6.42. The number of rotatable bonds is 3. The molecule has 1 saturated heterocycles. The second kappa shape index (κ2) is 5.24. The first-order valence-corrected chi connectivity index (χ1v) is 7.12. The van der Waals surface area contributed by atoms with Crippen molar-refractivity contribution in [1.29, 1.82) is 0 Å². The predicted octanol–water partition coefficient (Wildman–Crippen LogP) is 3.06. The molecule has 0 aliphatic carbocycles. The van der Waals surface area contributed by atoms with Crippen LogP contribution in [0.4, 0.5) is 0 Å². The lowest BCUT2D eigenvalue weighted by Gasteiger charge is -2.13. The van der Waals surface area contributed by atoms with Gasteiger partial charge in [0.2, 0.25) is 0 Å². The maximum absolute atomic E-state index is 4.29. The van der Waals surface area contributed by atoms with Gasteiger partial charge in [-0.25, -0.2) is 4.98 Å². The van der Waals surface area contributed by atoms with Gasteiger partial charge in [0, 0.05) is 17.1 Å². The van der Waals surface area contributed by atoms with Gasteiger partial charge < -0.3 is 9.88 Å². The lowest BCUT2D eigenvalue weighted by Crippen LogP contribution is -2.26. The Labute approximate surface area is 115 Å². The van der Waals surface area contributed by atoms with Crippen LogP contribution >= 0.6 is 15.9 Å². The van der Waals surface area contributed by atoms with Crippen LogP contribution in [0.5, 0.6) is 0 Å². The maximum Gasteiger partial charge on any atom is 0.0951 e. The number of benzene rings is 1. The molecule has 94 valence electrons. The zero-order valence-electron chi connectivity index (χ0n) is 10.1. The molecule has 2 heterocycles. The van der Waals surface area contributed by atoms with E-state index in [4.69, 9.17) is 0 Å². The summed E-state index contributed by atoms with van der Waals surface area (Å²) in [4.78, 5) is 4.29. The highest BCUT2D eigenvalue weighted by molar-refractivity contribution is 9.10. The predicted molar refractivity (Wildman–Crippen MR) is 76.4 cm³/mol. The van der Waals surface area contributed by atoms with Crippen molar-refractivity contribution in [3.8, 4) is 11.3 Å². The molecular weight excluding hydrogens is 290 g/mol. The molecule has 0 saturated carbocycles. The second-order valence-electron chi connectivity index (χ2n) is 4.73. The Morgan fingerprint density at radius 2 is 2.17 bits per heavy atom. The summed E-state index contributed by atoms with van der Waals surface area (Å²) in [6.45, 7) is 2.15. The second-order valence-corrected chi connectivity index (χ2v) is 5.65. The lowest BCUT2D eigenvalue weighted by molar-refractivity contribution is 0.512. The highest BCUT2D eigenvalue weighted by Gasteiger charge is 2.16. The molecule has 0 radical (unpaired) electrons. The van der Waals surface area contributed by atoms with Crippen molar-refractivity contribution in [3.05, 3.63) is 41.3 Å². The average Bonchev–Trinajstić information content (AvgIpc) is 3.02. The van der Waals surface area contributed by atoms with Crippen molar-refractivity contribution in [2.75, 3.05) is 6.54 Å². The fraction of sp³-hybridized carbons (Fsp3) is 0.357. The summed E-state index contributed by atoms with van der Waals surface area (Å²) in [5, 5.41) is 3.53. The van der Waals surface area contributed by atoms with E-state index >= 15 is 0 Å². The standard InChI is InChI=1S/C14H16BrN3/c15-12-5-3-11(4-6-12)14-8-16-10-18(14)9-13-2-1-7-17-13/h3-6,8,10,13,17H,1-2,7,9H2. The summed E-state index contributed by atoms with van der Waals surface area (Å²) >= 11 is 3.47. The van der Waals surface area contributed by atoms with E-state index in [0.29, 0.717) is 6.04 Å². The van der Waals surface area contributed by atoms with Gasteiger partial charge in [0.15, 0.2) is 0 Å². The third-order valence-corrected chi connectivity index (χ3v) is 3.96. The number of halogens is 1. The van der Waals surface area contributed by atoms with Gasteiger partial charge in [-0.15, -0.1) is 0 Å². The van der Waals surface area contributed by atoms with Crippen LogP contribution < -0.4 is 5.32 Å². The van der Waals surface area contributed by atoms with Crippen molar-refractivity contribution in [1.82, 2.24) is 14.9 Å². The Kier molecular flexibility index (Phi) is 3.48. The van der Waals surface area contributed by atoms with Crippen LogP contribution in [0.2, 0.25) is 0 Å². The van der Waals surface area contributed by atoms with Crippen LogP contribution in [0, 0.1) is 0 Å². The normalized spacial score (nSPS) is 19.3. The number of nitrogens with one attached hydrogen (secondary N) is 1. The Morgan fingerprint density at radius 1 is 1.33 bits per heavy atom. The number of imidazole rings is 1. The molecule has 0 amide bonds. The van der Waals surface area contributed by atoms with Crippen LogP contribution in [0.25, 0.3) is 11.3 Å². The summed E-state index contributed by atoms with van der Waals surface area (Å²) in [7, 11) is 0. The fourth-order valence-electron chi connectivity index (χ4n) is 2.48. The average molecular weight is 306 g/mol. The molecule has 0 spiro atoms. The third kappa shape index (κ3) is 2.49. The number of hydrogen-bond donors (Lipinski definition) is 1. The molecule has 18 heavy (non-hydrogen) atoms. The van der Waals surface area contributed by atoms with E-state index in [-0.39, 0.29) is 0 Å². The van der Waals surface area contributed by atoms with Gasteiger partial charge in [0.05, 0.1) is 18.2 Å². The van der Waals surface area contributed by atoms with Gasteiger partial charge in [0.1, 0.15) is 0 Å². The zero-order chi connectivity index (χ0) is 12.4. The topological polar surface area (TPSA) is 29.9 Å². The van der Waals surface area contributed by atoms with Gasteiger partial charge in [0.25, 0.3) is 0 Å². The summed E-state index contributed by atoms with van der Waals surface area (Å²) in [5.74, 6) is 0. The molecule has 1 aromatic heterocycles. The lowest BCUT2D eigenvalue weighted by atomic mass is 10.1. The largest absolute Gasteiger partial charge is 0.329 e. The number of aromatic nitrogens is 2. The molecule has 1 aromatic carbocycles. The molecule has 1 aliphatic rings. The van der Waals surface area contributed by atoms with Crippen molar-refractivity contribution in [2.24, 2.45) is 0 Å². The molecule has 2 aromatic rings. The Morgan fingerprint density at radius 3 is 2.89 bits per heavy atom. The number of hydrogen-bond acceptors (Lipinski definition) is 2. The monoisotopic (exact) mass is 305 g/mol. The van der Waals surface area contributed by atoms with Crippen LogP contribution in [0.3, 0.4) is 0 Å². The van der Waals surface area contributed by atoms with E-state index in [9.17, 15) is 0 Å². The van der Waals surface area contributed by atoms with Gasteiger partial charge >= 0.3 is 0 Å². The van der Waals surface area contributed by atoms with Gasteiger partial charge in [-0.05, 0) is 37.1 Å². The first kappa shape index (κ1) is 11.9. The Bertz CT molecular complexity index is 512. The highest BCUT2D eigenvalue weighted by Crippen LogP contribution is 2.22. The van der Waals surface area contributed by atoms with E-state index in [0.717, 1.165) is 17.6 Å². The molecule has 0 bridgehead atoms. The summed E-state index contributed by atoms with van der Waals surface area (Å²) in [5.41, 5.74) is 2.41. The van der Waals surface area contributed by atoms with E-state index in [1.54, 1.807) is 0 Å². The van der Waals surface area contributed by atoms with Crippen LogP contribution in [-0.2, 0) is 6.54 Å². The van der Waals surface area contributed by atoms with Crippen molar-refractivity contribution < 1.29 is 0 Å². The molecule has 1 aliphatic heterocycles. The first-order chi connectivity index (χ1) is 8.83. The van der Waals surface area contributed by atoms with Crippen LogP contribution in [-0.4, -0.2) is 22.1 Å².